The smallest absolute Gasteiger partial charge is 0.302 e. The third-order valence-corrected chi connectivity index (χ3v) is 8.67. The number of ether oxygens (including phenoxy) is 2. The Balaban J connectivity index is 1.17. The van der Waals surface area contributed by atoms with Crippen molar-refractivity contribution in [2.24, 2.45) is 5.92 Å². The summed E-state index contributed by atoms with van der Waals surface area (Å²) in [6, 6.07) is 9.40. The molecule has 0 bridgehead atoms. The van der Waals surface area contributed by atoms with Gasteiger partial charge < -0.3 is 19.7 Å². The summed E-state index contributed by atoms with van der Waals surface area (Å²) in [6.45, 7) is 6.57. The molecule has 3 aliphatic rings. The molecule has 1 unspecified atom stereocenters. The average molecular weight is 584 g/mol. The highest BCUT2D eigenvalue weighted by Gasteiger charge is 2.31. The molecule has 4 heterocycles. The second-order valence-corrected chi connectivity index (χ2v) is 11.5. The van der Waals surface area contributed by atoms with Crippen molar-refractivity contribution in [1.82, 2.24) is 24.4 Å². The number of likely N-dealkylation sites (tertiary alicyclic amines) is 1. The molecule has 1 aromatic carbocycles. The summed E-state index contributed by atoms with van der Waals surface area (Å²) in [5.41, 5.74) is 1.08. The third-order valence-electron chi connectivity index (χ3n) is 8.67. The Bertz CT molecular complexity index is 1370. The number of nitrogens with zero attached hydrogens (tertiary/aromatic N) is 6. The standard InChI is InChI=1S/C30H39F2N7O3/c1-20(40)42-23-5-4-12-38(19-23)22-10-8-21(9-11-22)18-33-30-35-26(37-13-15-41-16-14-37)17-27(36-30)39-25-7-3-2-6-24(25)34-29(39)28(31)32/h2-3,6-7,17,21-23,28H,4-5,8-16,18-19H2,1H3,(H,33,35,36)/t21-,22-,23?. The van der Waals surface area contributed by atoms with E-state index in [9.17, 15) is 13.6 Å². The second-order valence-electron chi connectivity index (χ2n) is 11.5. The molecule has 0 spiro atoms. The van der Waals surface area contributed by atoms with Crippen LogP contribution in [0.25, 0.3) is 16.9 Å². The number of carbonyl (C=O) groups excluding carboxylic acids is 1. The van der Waals surface area contributed by atoms with Crippen LogP contribution >= 0.6 is 0 Å². The first-order chi connectivity index (χ1) is 20.4. The van der Waals surface area contributed by atoms with Crippen LogP contribution in [0, 0.1) is 5.92 Å². The van der Waals surface area contributed by atoms with Crippen LogP contribution in [-0.4, -0.2) is 88.5 Å². The molecule has 42 heavy (non-hydrogen) atoms. The minimum atomic E-state index is -2.75. The van der Waals surface area contributed by atoms with E-state index in [0.717, 1.165) is 51.6 Å². The maximum absolute atomic E-state index is 14.1. The van der Waals surface area contributed by atoms with Crippen molar-refractivity contribution in [3.05, 3.63) is 36.2 Å². The molecule has 1 N–H and O–H groups in total. The summed E-state index contributed by atoms with van der Waals surface area (Å²) in [6.07, 6.45) is 3.57. The predicted molar refractivity (Wildman–Crippen MR) is 155 cm³/mol. The van der Waals surface area contributed by atoms with Crippen LogP contribution in [-0.2, 0) is 14.3 Å². The monoisotopic (exact) mass is 583 g/mol. The maximum Gasteiger partial charge on any atom is 0.302 e. The highest BCUT2D eigenvalue weighted by Crippen LogP contribution is 2.32. The number of benzene rings is 1. The number of carbonyl (C=O) groups is 1. The minimum Gasteiger partial charge on any atom is -0.461 e. The lowest BCUT2D eigenvalue weighted by molar-refractivity contribution is -0.149. The number of rotatable bonds is 8. The lowest BCUT2D eigenvalue weighted by atomic mass is 9.84. The molecule has 2 saturated heterocycles. The van der Waals surface area contributed by atoms with Gasteiger partial charge in [0.15, 0.2) is 5.82 Å². The zero-order valence-electron chi connectivity index (χ0n) is 24.1. The number of alkyl halides is 2. The van der Waals surface area contributed by atoms with Gasteiger partial charge in [0, 0.05) is 45.2 Å². The van der Waals surface area contributed by atoms with E-state index in [1.54, 1.807) is 24.3 Å². The molecule has 3 fully saturated rings. The van der Waals surface area contributed by atoms with Crippen molar-refractivity contribution in [2.75, 3.05) is 56.2 Å². The molecule has 2 aromatic heterocycles. The molecule has 12 heteroatoms. The van der Waals surface area contributed by atoms with Crippen LogP contribution < -0.4 is 10.2 Å². The van der Waals surface area contributed by atoms with E-state index in [1.807, 2.05) is 6.07 Å². The van der Waals surface area contributed by atoms with E-state index in [1.165, 1.54) is 11.5 Å². The zero-order valence-corrected chi connectivity index (χ0v) is 24.1. The number of fused-ring (bicyclic) bond motifs is 1. The minimum absolute atomic E-state index is 0.000989. The average Bonchev–Trinajstić information content (AvgIpc) is 3.41. The molecule has 226 valence electrons. The number of esters is 1. The number of hydrogen-bond acceptors (Lipinski definition) is 9. The first kappa shape index (κ1) is 28.7. The number of halogens is 2. The quantitative estimate of drug-likeness (QED) is 0.382. The first-order valence-corrected chi connectivity index (χ1v) is 15.1. The normalized spacial score (nSPS) is 23.8. The summed E-state index contributed by atoms with van der Waals surface area (Å²) >= 11 is 0. The third kappa shape index (κ3) is 6.49. The van der Waals surface area contributed by atoms with Gasteiger partial charge in [0.05, 0.1) is 24.2 Å². The largest absolute Gasteiger partial charge is 0.461 e. The van der Waals surface area contributed by atoms with Gasteiger partial charge in [-0.25, -0.2) is 13.8 Å². The van der Waals surface area contributed by atoms with Gasteiger partial charge in [-0.1, -0.05) is 12.1 Å². The molecule has 0 amide bonds. The van der Waals surface area contributed by atoms with Gasteiger partial charge in [-0.3, -0.25) is 14.3 Å². The van der Waals surface area contributed by atoms with Crippen LogP contribution in [0.5, 0.6) is 0 Å². The number of morpholine rings is 1. The Hall–Kier alpha value is -3.38. The van der Waals surface area contributed by atoms with Crippen molar-refractivity contribution in [2.45, 2.75) is 64.0 Å². The summed E-state index contributed by atoms with van der Waals surface area (Å²) in [5.74, 6) is 1.40. The number of piperidine rings is 1. The summed E-state index contributed by atoms with van der Waals surface area (Å²) in [4.78, 5) is 29.8. The maximum atomic E-state index is 14.1. The molecule has 6 rings (SSSR count). The van der Waals surface area contributed by atoms with Gasteiger partial charge in [0.1, 0.15) is 17.7 Å². The Kier molecular flexibility index (Phi) is 8.80. The van der Waals surface area contributed by atoms with Crippen molar-refractivity contribution in [1.29, 1.82) is 0 Å². The number of aromatic nitrogens is 4. The topological polar surface area (TPSA) is 97.6 Å². The van der Waals surface area contributed by atoms with Crippen molar-refractivity contribution in [3.8, 4) is 5.82 Å². The van der Waals surface area contributed by atoms with E-state index in [-0.39, 0.29) is 17.9 Å². The van der Waals surface area contributed by atoms with E-state index < -0.39 is 6.43 Å². The van der Waals surface area contributed by atoms with E-state index >= 15 is 0 Å². The fraction of sp³-hybridized carbons (Fsp3) is 0.600. The van der Waals surface area contributed by atoms with E-state index in [0.29, 0.717) is 73.4 Å². The zero-order chi connectivity index (χ0) is 29.1. The van der Waals surface area contributed by atoms with Crippen LogP contribution in [0.3, 0.4) is 0 Å². The number of imidazole rings is 1. The summed E-state index contributed by atoms with van der Waals surface area (Å²) in [5, 5.41) is 3.44. The Morgan fingerprint density at radius 3 is 2.57 bits per heavy atom. The highest BCUT2D eigenvalue weighted by molar-refractivity contribution is 5.78. The van der Waals surface area contributed by atoms with E-state index in [2.05, 4.69) is 20.1 Å². The van der Waals surface area contributed by atoms with Gasteiger partial charge in [-0.05, 0) is 63.1 Å². The van der Waals surface area contributed by atoms with Crippen molar-refractivity contribution >= 4 is 28.8 Å². The summed E-state index contributed by atoms with van der Waals surface area (Å²) in [7, 11) is 0. The fourth-order valence-corrected chi connectivity index (χ4v) is 6.58. The lowest BCUT2D eigenvalue weighted by Gasteiger charge is -2.41. The molecule has 1 saturated carbocycles. The van der Waals surface area contributed by atoms with Crippen LogP contribution in [0.4, 0.5) is 20.5 Å². The molecular formula is C30H39F2N7O3. The van der Waals surface area contributed by atoms with Crippen LogP contribution in [0.2, 0.25) is 0 Å². The van der Waals surface area contributed by atoms with Crippen molar-refractivity contribution < 1.29 is 23.0 Å². The Morgan fingerprint density at radius 2 is 1.81 bits per heavy atom. The number of para-hydroxylation sites is 2. The molecule has 1 atom stereocenters. The van der Waals surface area contributed by atoms with Crippen LogP contribution in [0.15, 0.2) is 30.3 Å². The SMILES string of the molecule is CC(=O)OC1CCCN([C@H]2CC[C@H](CNc3nc(N4CCOCC4)cc(-n4c(C(F)F)nc5ccccc54)n3)CC2)C1. The van der Waals surface area contributed by atoms with Gasteiger partial charge in [0.25, 0.3) is 6.43 Å². The highest BCUT2D eigenvalue weighted by atomic mass is 19.3. The molecule has 2 aliphatic heterocycles. The number of nitrogens with one attached hydrogen (secondary N) is 1. The first-order valence-electron chi connectivity index (χ1n) is 15.1. The number of hydrogen-bond donors (Lipinski definition) is 1. The molecule has 10 nitrogen and oxygen atoms in total. The molecular weight excluding hydrogens is 544 g/mol. The van der Waals surface area contributed by atoms with Gasteiger partial charge in [-0.15, -0.1) is 0 Å². The molecule has 3 aromatic rings. The predicted octanol–water partition coefficient (Wildman–Crippen LogP) is 4.59. The molecule has 0 radical (unpaired) electrons. The summed E-state index contributed by atoms with van der Waals surface area (Å²) < 4.78 is 40.8. The fourth-order valence-electron chi connectivity index (χ4n) is 6.58. The van der Waals surface area contributed by atoms with E-state index in [4.69, 9.17) is 19.4 Å². The van der Waals surface area contributed by atoms with Gasteiger partial charge in [0.2, 0.25) is 5.95 Å². The van der Waals surface area contributed by atoms with Crippen LogP contribution in [0.1, 0.15) is 57.7 Å². The molecule has 1 aliphatic carbocycles. The van der Waals surface area contributed by atoms with Gasteiger partial charge >= 0.3 is 5.97 Å². The second kappa shape index (κ2) is 12.9. The Morgan fingerprint density at radius 1 is 1.05 bits per heavy atom. The number of anilines is 2. The Labute approximate surface area is 244 Å². The van der Waals surface area contributed by atoms with Crippen molar-refractivity contribution in [3.63, 3.8) is 0 Å². The lowest BCUT2D eigenvalue weighted by Crippen LogP contribution is -2.47. The van der Waals surface area contributed by atoms with Gasteiger partial charge in [-0.2, -0.15) is 9.97 Å².